The lowest BCUT2D eigenvalue weighted by atomic mass is 9.91. The van der Waals surface area contributed by atoms with Crippen LogP contribution in [0, 0.1) is 0 Å². The molecule has 1 aromatic carbocycles. The van der Waals surface area contributed by atoms with Crippen LogP contribution in [0.15, 0.2) is 47.4 Å². The van der Waals surface area contributed by atoms with E-state index in [0.29, 0.717) is 17.9 Å². The Morgan fingerprint density at radius 3 is 2.89 bits per heavy atom. The van der Waals surface area contributed by atoms with Crippen LogP contribution in [0.5, 0.6) is 0 Å². The molecule has 3 N–H and O–H groups in total. The zero-order valence-corrected chi connectivity index (χ0v) is 20.4. The van der Waals surface area contributed by atoms with Gasteiger partial charge in [-0.2, -0.15) is 10.1 Å². The van der Waals surface area contributed by atoms with Crippen LogP contribution in [0.1, 0.15) is 46.4 Å². The van der Waals surface area contributed by atoms with Crippen molar-refractivity contribution in [1.29, 1.82) is 0 Å². The van der Waals surface area contributed by atoms with Gasteiger partial charge in [0.05, 0.1) is 30.1 Å². The fraction of sp³-hybridized carbons (Fsp3) is 0.360. The molecule has 12 heteroatoms. The highest BCUT2D eigenvalue weighted by atomic mass is 16.5. The summed E-state index contributed by atoms with van der Waals surface area (Å²) in [5.74, 6) is -0.0631. The number of nitrogens with one attached hydrogen (secondary N) is 1. The number of benzene rings is 1. The van der Waals surface area contributed by atoms with Gasteiger partial charge in [-0.3, -0.25) is 14.4 Å². The second-order valence-corrected chi connectivity index (χ2v) is 9.36. The number of aryl methyl sites for hydroxylation is 1. The van der Waals surface area contributed by atoms with Gasteiger partial charge < -0.3 is 20.3 Å². The highest BCUT2D eigenvalue weighted by Gasteiger charge is 2.32. The van der Waals surface area contributed by atoms with Gasteiger partial charge in [0.15, 0.2) is 0 Å². The van der Waals surface area contributed by atoms with Crippen molar-refractivity contribution in [2.45, 2.75) is 31.3 Å². The number of hydrogen-bond donors (Lipinski definition) is 2. The summed E-state index contributed by atoms with van der Waals surface area (Å²) in [5.41, 5.74) is 10.2. The molecule has 12 nitrogen and oxygen atoms in total. The minimum absolute atomic E-state index is 0.104. The molecule has 0 saturated carbocycles. The molecule has 0 spiro atoms. The third-order valence-corrected chi connectivity index (χ3v) is 6.89. The van der Waals surface area contributed by atoms with Gasteiger partial charge in [0.25, 0.3) is 11.7 Å². The van der Waals surface area contributed by atoms with E-state index in [2.05, 4.69) is 42.6 Å². The Balaban J connectivity index is 1.35. The number of primary amides is 1. The number of rotatable bonds is 6. The van der Waals surface area contributed by atoms with E-state index in [9.17, 15) is 4.79 Å². The summed E-state index contributed by atoms with van der Waals surface area (Å²) >= 11 is 0. The number of anilines is 2. The standard InChI is InChI=1S/C25H27N9O3/c1-33-13-17(11-28-33)29-25-27-7-4-21(30-25)15-2-3-19-16(10-15)12-34(18-6-9-36-14-18)8-5-20(19)24-31-23(22(26)35)32-37-24/h2-4,7,10-11,13,18,20H,5-6,8-9,12,14H2,1H3,(H2,26,35)(H,27,29,30)/t18-,20-/m0/s1. The van der Waals surface area contributed by atoms with E-state index in [1.807, 2.05) is 25.4 Å². The summed E-state index contributed by atoms with van der Waals surface area (Å²) in [4.78, 5) is 27.4. The van der Waals surface area contributed by atoms with Crippen molar-refractivity contribution in [3.63, 3.8) is 0 Å². The van der Waals surface area contributed by atoms with Gasteiger partial charge in [-0.25, -0.2) is 9.97 Å². The lowest BCUT2D eigenvalue weighted by Gasteiger charge is -2.26. The maximum atomic E-state index is 11.6. The molecule has 0 aliphatic carbocycles. The summed E-state index contributed by atoms with van der Waals surface area (Å²) < 4.78 is 12.9. The van der Waals surface area contributed by atoms with E-state index in [1.165, 1.54) is 0 Å². The molecular weight excluding hydrogens is 474 g/mol. The molecule has 0 bridgehead atoms. The zero-order valence-electron chi connectivity index (χ0n) is 20.4. The Hall–Kier alpha value is -4.16. The Morgan fingerprint density at radius 2 is 2.14 bits per heavy atom. The van der Waals surface area contributed by atoms with E-state index in [1.54, 1.807) is 17.1 Å². The smallest absolute Gasteiger partial charge is 0.290 e. The molecule has 2 aliphatic heterocycles. The van der Waals surface area contributed by atoms with Crippen LogP contribution in [0.3, 0.4) is 0 Å². The van der Waals surface area contributed by atoms with Crippen LogP contribution in [-0.2, 0) is 18.3 Å². The second kappa shape index (κ2) is 9.71. The van der Waals surface area contributed by atoms with Crippen molar-refractivity contribution in [2.75, 3.05) is 25.1 Å². The average molecular weight is 502 g/mol. The summed E-state index contributed by atoms with van der Waals surface area (Å²) in [5, 5.41) is 11.2. The first-order valence-electron chi connectivity index (χ1n) is 12.2. The minimum Gasteiger partial charge on any atom is -0.380 e. The lowest BCUT2D eigenvalue weighted by molar-refractivity contribution is 0.0987. The number of fused-ring (bicyclic) bond motifs is 1. The third kappa shape index (κ3) is 4.80. The Bertz CT molecular complexity index is 1430. The van der Waals surface area contributed by atoms with E-state index >= 15 is 0 Å². The largest absolute Gasteiger partial charge is 0.380 e. The molecule has 5 heterocycles. The van der Waals surface area contributed by atoms with Crippen molar-refractivity contribution in [3.05, 3.63) is 65.7 Å². The monoisotopic (exact) mass is 501 g/mol. The van der Waals surface area contributed by atoms with Gasteiger partial charge >= 0.3 is 0 Å². The van der Waals surface area contributed by atoms with Gasteiger partial charge in [-0.1, -0.05) is 17.3 Å². The molecule has 2 atom stereocenters. The first kappa shape index (κ1) is 23.3. The van der Waals surface area contributed by atoms with Crippen molar-refractivity contribution in [2.24, 2.45) is 12.8 Å². The van der Waals surface area contributed by atoms with Crippen LogP contribution >= 0.6 is 0 Å². The molecule has 1 amide bonds. The molecule has 190 valence electrons. The van der Waals surface area contributed by atoms with Crippen LogP contribution in [0.25, 0.3) is 11.3 Å². The van der Waals surface area contributed by atoms with E-state index in [0.717, 1.165) is 67.2 Å². The van der Waals surface area contributed by atoms with Crippen molar-refractivity contribution >= 4 is 17.5 Å². The van der Waals surface area contributed by atoms with Gasteiger partial charge in [0.1, 0.15) is 0 Å². The zero-order chi connectivity index (χ0) is 25.4. The quantitative estimate of drug-likeness (QED) is 0.402. The molecule has 3 aromatic heterocycles. The second-order valence-electron chi connectivity index (χ2n) is 9.36. The van der Waals surface area contributed by atoms with Crippen molar-refractivity contribution in [3.8, 4) is 11.3 Å². The molecule has 37 heavy (non-hydrogen) atoms. The summed E-state index contributed by atoms with van der Waals surface area (Å²) in [6, 6.07) is 8.55. The fourth-order valence-corrected chi connectivity index (χ4v) is 5.04. The number of nitrogens with zero attached hydrogens (tertiary/aromatic N) is 7. The van der Waals surface area contributed by atoms with Gasteiger partial charge in [-0.15, -0.1) is 0 Å². The summed E-state index contributed by atoms with van der Waals surface area (Å²) in [6.07, 6.45) is 7.10. The molecule has 1 saturated heterocycles. The number of aromatic nitrogens is 6. The lowest BCUT2D eigenvalue weighted by Crippen LogP contribution is -2.35. The third-order valence-electron chi connectivity index (χ3n) is 6.89. The predicted molar refractivity (Wildman–Crippen MR) is 133 cm³/mol. The van der Waals surface area contributed by atoms with Crippen molar-refractivity contribution in [1.82, 2.24) is 34.8 Å². The van der Waals surface area contributed by atoms with Gasteiger partial charge in [0.2, 0.25) is 11.8 Å². The average Bonchev–Trinajstić information content (AvgIpc) is 3.65. The number of carbonyl (C=O) groups excluding carboxylic acids is 1. The molecule has 4 aromatic rings. The first-order chi connectivity index (χ1) is 18.0. The van der Waals surface area contributed by atoms with Crippen LogP contribution in [-0.4, -0.2) is 66.5 Å². The van der Waals surface area contributed by atoms with Crippen LogP contribution < -0.4 is 11.1 Å². The maximum Gasteiger partial charge on any atom is 0.290 e. The minimum atomic E-state index is -0.705. The topological polar surface area (TPSA) is 150 Å². The highest BCUT2D eigenvalue weighted by Crippen LogP contribution is 2.36. The molecule has 6 rings (SSSR count). The highest BCUT2D eigenvalue weighted by molar-refractivity contribution is 5.88. The normalized spacial score (nSPS) is 19.9. The molecule has 1 fully saturated rings. The van der Waals surface area contributed by atoms with Crippen LogP contribution in [0.2, 0.25) is 0 Å². The Labute approximate surface area is 212 Å². The summed E-state index contributed by atoms with van der Waals surface area (Å²) in [7, 11) is 1.86. The fourth-order valence-electron chi connectivity index (χ4n) is 5.04. The Morgan fingerprint density at radius 1 is 1.22 bits per heavy atom. The molecule has 0 unspecified atom stereocenters. The van der Waals surface area contributed by atoms with Gasteiger partial charge in [0, 0.05) is 44.2 Å². The molecule has 2 aliphatic rings. The first-order valence-corrected chi connectivity index (χ1v) is 12.2. The Kier molecular flexibility index (Phi) is 6.10. The van der Waals surface area contributed by atoms with Gasteiger partial charge in [-0.05, 0) is 42.6 Å². The van der Waals surface area contributed by atoms with Crippen molar-refractivity contribution < 1.29 is 14.1 Å². The SMILES string of the molecule is Cn1cc(Nc2nccc(-c3ccc4c(c3)CN([C@H]3CCOC3)CC[C@@H]4c3nc(C(N)=O)no3)n2)cn1. The number of hydrogen-bond acceptors (Lipinski definition) is 10. The molecule has 0 radical (unpaired) electrons. The maximum absolute atomic E-state index is 11.6. The number of carbonyl (C=O) groups is 1. The van der Waals surface area contributed by atoms with E-state index in [4.69, 9.17) is 20.0 Å². The van der Waals surface area contributed by atoms with E-state index < -0.39 is 5.91 Å². The predicted octanol–water partition coefficient (Wildman–Crippen LogP) is 2.23. The van der Waals surface area contributed by atoms with Crippen LogP contribution in [0.4, 0.5) is 11.6 Å². The number of nitrogens with two attached hydrogens (primary N) is 1. The number of ether oxygens (including phenoxy) is 1. The van der Waals surface area contributed by atoms with E-state index in [-0.39, 0.29) is 11.7 Å². The number of amides is 1. The summed E-state index contributed by atoms with van der Waals surface area (Å²) in [6.45, 7) is 3.10. The molecular formula is C25H27N9O3.